The predicted molar refractivity (Wildman–Crippen MR) is 74.5 cm³/mol. The number of aryl methyl sites for hydroxylation is 2. The van der Waals surface area contributed by atoms with Gasteiger partial charge in [0.25, 0.3) is 0 Å². The molecule has 0 radical (unpaired) electrons. The van der Waals surface area contributed by atoms with E-state index >= 15 is 0 Å². The Morgan fingerprint density at radius 1 is 1.41 bits per heavy atom. The lowest BCUT2D eigenvalue weighted by Gasteiger charge is -2.17. The molecule has 98 valence electrons. The Kier molecular flexibility index (Phi) is 5.62. The third-order valence-electron chi connectivity index (χ3n) is 3.03. The van der Waals surface area contributed by atoms with Gasteiger partial charge in [0.2, 0.25) is 0 Å². The number of hydrogen-bond acceptors (Lipinski definition) is 3. The minimum atomic E-state index is 0.309. The van der Waals surface area contributed by atoms with Gasteiger partial charge < -0.3 is 0 Å². The summed E-state index contributed by atoms with van der Waals surface area (Å²) in [6.07, 6.45) is 3.18. The van der Waals surface area contributed by atoms with Crippen LogP contribution in [0.3, 0.4) is 0 Å². The first-order chi connectivity index (χ1) is 7.95. The Morgan fingerprint density at radius 3 is 2.47 bits per heavy atom. The van der Waals surface area contributed by atoms with Crippen molar-refractivity contribution in [2.45, 2.75) is 46.1 Å². The molecule has 0 amide bonds. The Hall–Kier alpha value is -0.390. The highest BCUT2D eigenvalue weighted by atomic mass is 79.9. The van der Waals surface area contributed by atoms with Gasteiger partial charge in [-0.05, 0) is 41.6 Å². The number of aromatic nitrogens is 2. The summed E-state index contributed by atoms with van der Waals surface area (Å²) in [6.45, 7) is 6.47. The molecule has 5 heteroatoms. The molecule has 1 heterocycles. The molecule has 0 aromatic carbocycles. The van der Waals surface area contributed by atoms with Crippen LogP contribution in [0.5, 0.6) is 0 Å². The van der Waals surface area contributed by atoms with E-state index in [4.69, 9.17) is 5.84 Å². The molecule has 1 unspecified atom stereocenters. The third kappa shape index (κ3) is 4.08. The van der Waals surface area contributed by atoms with E-state index in [2.05, 4.69) is 40.3 Å². The number of nitrogens with one attached hydrogen (secondary N) is 1. The van der Waals surface area contributed by atoms with E-state index in [0.717, 1.165) is 23.0 Å². The molecular formula is C12H23BrN4. The van der Waals surface area contributed by atoms with Gasteiger partial charge in [0.1, 0.15) is 0 Å². The minimum absolute atomic E-state index is 0.309. The van der Waals surface area contributed by atoms with E-state index in [1.807, 2.05) is 18.7 Å². The van der Waals surface area contributed by atoms with Gasteiger partial charge in [-0.3, -0.25) is 16.0 Å². The molecule has 3 N–H and O–H groups in total. The molecule has 0 aliphatic carbocycles. The maximum absolute atomic E-state index is 5.62. The van der Waals surface area contributed by atoms with Crippen LogP contribution in [0.4, 0.5) is 0 Å². The first-order valence-corrected chi connectivity index (χ1v) is 6.89. The molecule has 0 saturated heterocycles. The monoisotopic (exact) mass is 302 g/mol. The molecular weight excluding hydrogens is 280 g/mol. The second kappa shape index (κ2) is 6.52. The molecule has 4 nitrogen and oxygen atoms in total. The summed E-state index contributed by atoms with van der Waals surface area (Å²) < 4.78 is 3.03. The van der Waals surface area contributed by atoms with Gasteiger partial charge in [0.15, 0.2) is 0 Å². The normalized spacial score (nSPS) is 13.4. The summed E-state index contributed by atoms with van der Waals surface area (Å²) in [5, 5.41) is 4.39. The van der Waals surface area contributed by atoms with E-state index < -0.39 is 0 Å². The van der Waals surface area contributed by atoms with Crippen LogP contribution in [0.25, 0.3) is 0 Å². The van der Waals surface area contributed by atoms with Gasteiger partial charge in [0.05, 0.1) is 15.9 Å². The molecule has 1 aromatic rings. The molecule has 0 aliphatic heterocycles. The van der Waals surface area contributed by atoms with Crippen LogP contribution in [0.2, 0.25) is 0 Å². The molecule has 17 heavy (non-hydrogen) atoms. The van der Waals surface area contributed by atoms with E-state index in [1.165, 1.54) is 12.1 Å². The molecule has 0 saturated carbocycles. The maximum Gasteiger partial charge on any atom is 0.0738 e. The molecule has 1 aromatic heterocycles. The van der Waals surface area contributed by atoms with Crippen molar-refractivity contribution >= 4 is 15.9 Å². The molecule has 1 atom stereocenters. The zero-order chi connectivity index (χ0) is 13.0. The number of halogens is 1. The summed E-state index contributed by atoms with van der Waals surface area (Å²) in [7, 11) is 1.98. The highest BCUT2D eigenvalue weighted by Crippen LogP contribution is 2.22. The van der Waals surface area contributed by atoms with Gasteiger partial charge in [0, 0.05) is 19.5 Å². The number of nitrogens with two attached hydrogens (primary N) is 1. The SMILES string of the molecule is Cc1nn(C)c(CC(CCC(C)C)NN)c1Br. The number of rotatable bonds is 6. The van der Waals surface area contributed by atoms with Crippen LogP contribution in [0, 0.1) is 12.8 Å². The number of hydrazine groups is 1. The smallest absolute Gasteiger partial charge is 0.0738 e. The molecule has 0 bridgehead atoms. The topological polar surface area (TPSA) is 55.9 Å². The van der Waals surface area contributed by atoms with Crippen LogP contribution in [0.15, 0.2) is 4.47 Å². The highest BCUT2D eigenvalue weighted by Gasteiger charge is 2.16. The quantitative estimate of drug-likeness (QED) is 0.626. The first-order valence-electron chi connectivity index (χ1n) is 6.09. The van der Waals surface area contributed by atoms with Gasteiger partial charge in [-0.2, -0.15) is 5.10 Å². The zero-order valence-electron chi connectivity index (χ0n) is 11.1. The highest BCUT2D eigenvalue weighted by molar-refractivity contribution is 9.10. The van der Waals surface area contributed by atoms with Gasteiger partial charge in [-0.1, -0.05) is 13.8 Å². The fourth-order valence-electron chi connectivity index (χ4n) is 1.91. The lowest BCUT2D eigenvalue weighted by molar-refractivity contribution is 0.426. The molecule has 0 aliphatic rings. The van der Waals surface area contributed by atoms with Crippen LogP contribution < -0.4 is 11.3 Å². The van der Waals surface area contributed by atoms with Crippen molar-refractivity contribution in [3.05, 3.63) is 15.9 Å². The third-order valence-corrected chi connectivity index (χ3v) is 4.06. The van der Waals surface area contributed by atoms with Crippen LogP contribution in [0.1, 0.15) is 38.1 Å². The lowest BCUT2D eigenvalue weighted by atomic mass is 10.0. The Morgan fingerprint density at radius 2 is 2.06 bits per heavy atom. The standard InChI is InChI=1S/C12H23BrN4/c1-8(2)5-6-10(15-14)7-11-12(13)9(3)16-17(11)4/h8,10,15H,5-7,14H2,1-4H3. The second-order valence-corrected chi connectivity index (χ2v) is 5.80. The van der Waals surface area contributed by atoms with E-state index in [0.29, 0.717) is 12.0 Å². The summed E-state index contributed by atoms with van der Waals surface area (Å²) in [5.74, 6) is 6.33. The van der Waals surface area contributed by atoms with E-state index in [9.17, 15) is 0 Å². The molecule has 0 fully saturated rings. The summed E-state index contributed by atoms with van der Waals surface area (Å²) >= 11 is 3.59. The van der Waals surface area contributed by atoms with Crippen LogP contribution >= 0.6 is 15.9 Å². The van der Waals surface area contributed by atoms with E-state index in [-0.39, 0.29) is 0 Å². The van der Waals surface area contributed by atoms with Gasteiger partial charge in [-0.25, -0.2) is 0 Å². The fraction of sp³-hybridized carbons (Fsp3) is 0.750. The summed E-state index contributed by atoms with van der Waals surface area (Å²) in [5.41, 5.74) is 5.14. The second-order valence-electron chi connectivity index (χ2n) is 5.01. The number of hydrogen-bond donors (Lipinski definition) is 2. The summed E-state index contributed by atoms with van der Waals surface area (Å²) in [4.78, 5) is 0. The molecule has 1 rings (SSSR count). The van der Waals surface area contributed by atoms with Crippen molar-refractivity contribution < 1.29 is 0 Å². The lowest BCUT2D eigenvalue weighted by Crippen LogP contribution is -2.37. The van der Waals surface area contributed by atoms with Crippen molar-refractivity contribution in [3.8, 4) is 0 Å². The average molecular weight is 303 g/mol. The van der Waals surface area contributed by atoms with E-state index in [1.54, 1.807) is 0 Å². The van der Waals surface area contributed by atoms with Gasteiger partial charge >= 0.3 is 0 Å². The molecule has 0 spiro atoms. The van der Waals surface area contributed by atoms with Crippen molar-refractivity contribution in [1.29, 1.82) is 0 Å². The fourth-order valence-corrected chi connectivity index (χ4v) is 2.41. The summed E-state index contributed by atoms with van der Waals surface area (Å²) in [6, 6.07) is 0.309. The Labute approximate surface area is 112 Å². The van der Waals surface area contributed by atoms with Crippen LogP contribution in [-0.2, 0) is 13.5 Å². The van der Waals surface area contributed by atoms with Crippen molar-refractivity contribution in [3.63, 3.8) is 0 Å². The minimum Gasteiger partial charge on any atom is -0.271 e. The zero-order valence-corrected chi connectivity index (χ0v) is 12.7. The van der Waals surface area contributed by atoms with Crippen LogP contribution in [-0.4, -0.2) is 15.8 Å². The van der Waals surface area contributed by atoms with Gasteiger partial charge in [-0.15, -0.1) is 0 Å². The van der Waals surface area contributed by atoms with Crippen molar-refractivity contribution in [1.82, 2.24) is 15.2 Å². The maximum atomic E-state index is 5.62. The predicted octanol–water partition coefficient (Wildman–Crippen LogP) is 2.30. The first kappa shape index (κ1) is 14.7. The Bertz CT molecular complexity index is 360. The number of nitrogens with zero attached hydrogens (tertiary/aromatic N) is 2. The average Bonchev–Trinajstić information content (AvgIpc) is 2.49. The van der Waals surface area contributed by atoms with Crippen molar-refractivity contribution in [2.75, 3.05) is 0 Å². The largest absolute Gasteiger partial charge is 0.271 e. The Balaban J connectivity index is 2.67. The van der Waals surface area contributed by atoms with Crippen molar-refractivity contribution in [2.24, 2.45) is 18.8 Å².